The molecule has 138 valence electrons. The summed E-state index contributed by atoms with van der Waals surface area (Å²) in [7, 11) is -1.71. The third kappa shape index (κ3) is 2.67. The minimum absolute atomic E-state index is 0.549. The average Bonchev–Trinajstić information content (AvgIpc) is 3.23. The molecule has 0 fully saturated rings. The predicted octanol–water partition coefficient (Wildman–Crippen LogP) is 7.45. The highest BCUT2D eigenvalue weighted by molar-refractivity contribution is 9.12. The highest BCUT2D eigenvalue weighted by Crippen LogP contribution is 2.51. The molecule has 0 saturated heterocycles. The first-order valence-corrected chi connectivity index (χ1v) is 14.1. The summed E-state index contributed by atoms with van der Waals surface area (Å²) in [5.41, 5.74) is 9.40. The molecule has 27 heavy (non-hydrogen) atoms. The van der Waals surface area contributed by atoms with E-state index in [0.29, 0.717) is 5.92 Å². The number of fused-ring (bicyclic) bond motifs is 3. The molecule has 5 rings (SSSR count). The van der Waals surface area contributed by atoms with Crippen LogP contribution in [-0.4, -0.2) is 8.07 Å². The van der Waals surface area contributed by atoms with E-state index in [2.05, 4.69) is 78.4 Å². The van der Waals surface area contributed by atoms with Gasteiger partial charge in [0.15, 0.2) is 0 Å². The van der Waals surface area contributed by atoms with Gasteiger partial charge in [-0.2, -0.15) is 0 Å². The van der Waals surface area contributed by atoms with Gasteiger partial charge in [0.2, 0.25) is 0 Å². The van der Waals surface area contributed by atoms with E-state index < -0.39 is 8.07 Å². The van der Waals surface area contributed by atoms with Gasteiger partial charge in [-0.05, 0) is 72.6 Å². The summed E-state index contributed by atoms with van der Waals surface area (Å²) in [6.45, 7) is 7.50. The summed E-state index contributed by atoms with van der Waals surface area (Å²) < 4.78 is 1.36. The lowest BCUT2D eigenvalue weighted by Gasteiger charge is -2.33. The third-order valence-corrected chi connectivity index (χ3v) is 11.7. The van der Waals surface area contributed by atoms with E-state index >= 15 is 0 Å². The number of hydrogen-bond donors (Lipinski definition) is 0. The topological polar surface area (TPSA) is 0 Å². The molecule has 0 N–H and O–H groups in total. The lowest BCUT2D eigenvalue weighted by Crippen LogP contribution is -2.34. The highest BCUT2D eigenvalue weighted by Gasteiger charge is 2.41. The Kier molecular flexibility index (Phi) is 4.14. The van der Waals surface area contributed by atoms with Crippen molar-refractivity contribution in [2.75, 3.05) is 0 Å². The molecule has 0 nitrogen and oxygen atoms in total. The highest BCUT2D eigenvalue weighted by atomic mass is 79.9. The van der Waals surface area contributed by atoms with E-state index in [1.54, 1.807) is 32.7 Å². The molecular weight excluding hydrogens is 408 g/mol. The minimum atomic E-state index is -1.71. The zero-order valence-corrected chi connectivity index (χ0v) is 19.1. The lowest BCUT2D eigenvalue weighted by molar-refractivity contribution is 0.637. The summed E-state index contributed by atoms with van der Waals surface area (Å²) in [5.74, 6) is 0.549. The molecule has 0 spiro atoms. The molecule has 1 unspecified atom stereocenters. The van der Waals surface area contributed by atoms with Gasteiger partial charge < -0.3 is 0 Å². The first-order valence-electron chi connectivity index (χ1n) is 10.3. The fourth-order valence-corrected chi connectivity index (χ4v) is 9.91. The van der Waals surface area contributed by atoms with Gasteiger partial charge in [0.05, 0.1) is 0 Å². The number of hydrogen-bond acceptors (Lipinski definition) is 0. The number of benzene rings is 1. The first-order chi connectivity index (χ1) is 13.0. The SMILES string of the molecule is CC1=CC2C(=C1[Si](C)(C)C1=Cc3ccccc3C1)C=C(Br)C1=C2CCCC1. The average molecular weight is 435 g/mol. The summed E-state index contributed by atoms with van der Waals surface area (Å²) in [5, 5.41) is 3.38. The molecule has 2 heteroatoms. The van der Waals surface area contributed by atoms with E-state index in [-0.39, 0.29) is 0 Å². The van der Waals surface area contributed by atoms with Gasteiger partial charge in [0.1, 0.15) is 8.07 Å². The Hall–Kier alpha value is -1.38. The van der Waals surface area contributed by atoms with Crippen molar-refractivity contribution in [1.29, 1.82) is 0 Å². The van der Waals surface area contributed by atoms with Crippen LogP contribution in [0.5, 0.6) is 0 Å². The Morgan fingerprint density at radius 3 is 2.63 bits per heavy atom. The number of allylic oxidation sites excluding steroid dienone is 9. The quantitative estimate of drug-likeness (QED) is 0.423. The maximum atomic E-state index is 3.93. The Morgan fingerprint density at radius 2 is 1.81 bits per heavy atom. The molecule has 1 aromatic carbocycles. The zero-order valence-electron chi connectivity index (χ0n) is 16.5. The smallest absolute Gasteiger partial charge is 0.0711 e. The van der Waals surface area contributed by atoms with E-state index in [9.17, 15) is 0 Å². The monoisotopic (exact) mass is 434 g/mol. The Bertz CT molecular complexity index is 997. The molecule has 1 aromatic rings. The van der Waals surface area contributed by atoms with E-state index in [1.165, 1.54) is 41.3 Å². The van der Waals surface area contributed by atoms with Crippen molar-refractivity contribution in [1.82, 2.24) is 0 Å². The van der Waals surface area contributed by atoms with E-state index in [0.717, 1.165) is 6.42 Å². The zero-order chi connectivity index (χ0) is 18.8. The standard InChI is InChI=1S/C25H27BrSi/c1-16-12-22-20-10-6-7-11-21(20)24(26)15-23(22)25(16)27(2,3)19-13-17-8-4-5-9-18(17)14-19/h4-5,8-9,12-13,15,22H,6-7,10-11,14H2,1-3H3. The number of halogens is 1. The van der Waals surface area contributed by atoms with Crippen LogP contribution in [-0.2, 0) is 6.42 Å². The molecule has 0 heterocycles. The van der Waals surface area contributed by atoms with Gasteiger partial charge in [0, 0.05) is 10.4 Å². The first kappa shape index (κ1) is 17.7. The summed E-state index contributed by atoms with van der Waals surface area (Å²) in [4.78, 5) is 0. The van der Waals surface area contributed by atoms with Gasteiger partial charge in [-0.15, -0.1) is 0 Å². The molecule has 0 radical (unpaired) electrons. The van der Waals surface area contributed by atoms with Crippen LogP contribution in [0.25, 0.3) is 6.08 Å². The Labute approximate surface area is 172 Å². The van der Waals surface area contributed by atoms with Crippen molar-refractivity contribution in [3.8, 4) is 0 Å². The van der Waals surface area contributed by atoms with Gasteiger partial charge in [-0.3, -0.25) is 0 Å². The van der Waals surface area contributed by atoms with Gasteiger partial charge in [-0.1, -0.05) is 81.8 Å². The largest absolute Gasteiger partial charge is 0.108 e. The summed E-state index contributed by atoms with van der Waals surface area (Å²) in [6.07, 6.45) is 13.9. The molecule has 4 aliphatic carbocycles. The van der Waals surface area contributed by atoms with Crippen LogP contribution in [0.15, 0.2) is 73.6 Å². The van der Waals surface area contributed by atoms with E-state index in [1.807, 2.05) is 0 Å². The maximum Gasteiger partial charge on any atom is 0.108 e. The molecule has 0 saturated carbocycles. The van der Waals surface area contributed by atoms with Gasteiger partial charge >= 0.3 is 0 Å². The lowest BCUT2D eigenvalue weighted by atomic mass is 9.78. The molecule has 0 aromatic heterocycles. The molecule has 1 atom stereocenters. The van der Waals surface area contributed by atoms with Crippen molar-refractivity contribution in [2.24, 2.45) is 5.92 Å². The second-order valence-corrected chi connectivity index (χ2v) is 14.3. The maximum absolute atomic E-state index is 3.93. The van der Waals surface area contributed by atoms with Crippen molar-refractivity contribution < 1.29 is 0 Å². The molecule has 0 amide bonds. The fourth-order valence-electron chi connectivity index (χ4n) is 5.72. The summed E-state index contributed by atoms with van der Waals surface area (Å²) in [6, 6.07) is 8.93. The number of rotatable bonds is 2. The molecule has 0 aliphatic heterocycles. The minimum Gasteiger partial charge on any atom is -0.0711 e. The van der Waals surface area contributed by atoms with Crippen LogP contribution in [0.2, 0.25) is 13.1 Å². The molecule has 0 bridgehead atoms. The molecular formula is C25H27BrSi. The summed E-state index contributed by atoms with van der Waals surface area (Å²) >= 11 is 3.93. The second kappa shape index (κ2) is 6.32. The Morgan fingerprint density at radius 1 is 1.04 bits per heavy atom. The van der Waals surface area contributed by atoms with Crippen LogP contribution in [0.3, 0.4) is 0 Å². The van der Waals surface area contributed by atoms with Gasteiger partial charge in [-0.25, -0.2) is 0 Å². The van der Waals surface area contributed by atoms with Gasteiger partial charge in [0.25, 0.3) is 0 Å². The van der Waals surface area contributed by atoms with Crippen LogP contribution in [0, 0.1) is 5.92 Å². The predicted molar refractivity (Wildman–Crippen MR) is 122 cm³/mol. The Balaban J connectivity index is 1.60. The van der Waals surface area contributed by atoms with Crippen LogP contribution >= 0.6 is 15.9 Å². The fraction of sp³-hybridized carbons (Fsp3) is 0.360. The van der Waals surface area contributed by atoms with Crippen LogP contribution in [0.4, 0.5) is 0 Å². The van der Waals surface area contributed by atoms with E-state index in [4.69, 9.17) is 0 Å². The van der Waals surface area contributed by atoms with Crippen molar-refractivity contribution >= 4 is 30.1 Å². The van der Waals surface area contributed by atoms with Crippen LogP contribution < -0.4 is 0 Å². The van der Waals surface area contributed by atoms with Crippen molar-refractivity contribution in [3.63, 3.8) is 0 Å². The second-order valence-electron chi connectivity index (χ2n) is 9.03. The van der Waals surface area contributed by atoms with Crippen molar-refractivity contribution in [3.05, 3.63) is 84.7 Å². The molecule has 4 aliphatic rings. The van der Waals surface area contributed by atoms with Crippen molar-refractivity contribution in [2.45, 2.75) is 52.1 Å². The third-order valence-electron chi connectivity index (χ3n) is 7.08. The normalized spacial score (nSPS) is 24.3. The van der Waals surface area contributed by atoms with Crippen LogP contribution in [0.1, 0.15) is 43.7 Å².